The number of rotatable bonds is 6. The van der Waals surface area contributed by atoms with Crippen LogP contribution in [0, 0.1) is 5.92 Å². The number of hydrogen-bond donors (Lipinski definition) is 1. The molecule has 1 saturated heterocycles. The van der Waals surface area contributed by atoms with E-state index in [4.69, 9.17) is 9.47 Å². The molecule has 0 saturated carbocycles. The highest BCUT2D eigenvalue weighted by Crippen LogP contribution is 2.32. The normalized spacial score (nSPS) is 18.2. The first-order valence-electron chi connectivity index (χ1n) is 10.5. The van der Waals surface area contributed by atoms with Crippen LogP contribution in [0.3, 0.4) is 0 Å². The summed E-state index contributed by atoms with van der Waals surface area (Å²) in [6, 6.07) is 7.81. The molecule has 1 amide bonds. The van der Waals surface area contributed by atoms with Gasteiger partial charge in [-0.3, -0.25) is 4.79 Å². The van der Waals surface area contributed by atoms with Gasteiger partial charge in [-0.25, -0.2) is 4.79 Å². The van der Waals surface area contributed by atoms with Crippen LogP contribution in [0.15, 0.2) is 24.3 Å². The second-order valence-corrected chi connectivity index (χ2v) is 11.3. The molecule has 0 unspecified atom stereocenters. The van der Waals surface area contributed by atoms with E-state index in [2.05, 4.69) is 0 Å². The van der Waals surface area contributed by atoms with Crippen molar-refractivity contribution in [2.24, 2.45) is 5.92 Å². The molecule has 1 aliphatic heterocycles. The van der Waals surface area contributed by atoms with Gasteiger partial charge in [0.05, 0.1) is 6.61 Å². The van der Waals surface area contributed by atoms with Crippen LogP contribution < -0.4 is 0 Å². The van der Waals surface area contributed by atoms with E-state index >= 15 is 0 Å². The number of nitrogens with zero attached hydrogens (tertiary/aromatic N) is 1. The minimum atomic E-state index is -0.530. The molecule has 2 atom stereocenters. The number of benzene rings is 1. The van der Waals surface area contributed by atoms with E-state index in [0.717, 1.165) is 17.5 Å². The number of carbonyl (C=O) groups excluding carboxylic acids is 2. The molecule has 7 heteroatoms. The fourth-order valence-electron chi connectivity index (χ4n) is 3.51. The van der Waals surface area contributed by atoms with Crippen LogP contribution >= 0.6 is 0 Å². The number of aliphatic hydroxyl groups is 1. The predicted molar refractivity (Wildman–Crippen MR) is 118 cm³/mol. The van der Waals surface area contributed by atoms with Crippen molar-refractivity contribution in [1.82, 2.24) is 4.90 Å². The summed E-state index contributed by atoms with van der Waals surface area (Å²) in [5.41, 5.74) is 0.760. The van der Waals surface area contributed by atoms with E-state index in [-0.39, 0.29) is 39.3 Å². The first kappa shape index (κ1) is 24.4. The standard InChI is InChI=1S/C23H35NO5Si/c1-22(2,3)28-20(26)24-11-10-18(14-24)19(30-21(27)29-23(4,5)6)13-16-8-7-9-17(12-16)15-25/h7-9,12,18-19,25H,10-11,13-15H2,1-6H3/t18-,19-/m0/s1. The summed E-state index contributed by atoms with van der Waals surface area (Å²) in [5.74, 6) is 0.196. The molecule has 0 aromatic heterocycles. The zero-order valence-corrected chi connectivity index (χ0v) is 20.0. The fraction of sp³-hybridized carbons (Fsp3) is 0.652. The number of likely N-dealkylation sites (tertiary alicyclic amines) is 1. The summed E-state index contributed by atoms with van der Waals surface area (Å²) in [4.78, 5) is 26.8. The van der Waals surface area contributed by atoms with Crippen molar-refractivity contribution in [3.05, 3.63) is 35.4 Å². The molecule has 166 valence electrons. The molecule has 2 radical (unpaired) electrons. The van der Waals surface area contributed by atoms with E-state index in [1.807, 2.05) is 65.8 Å². The second-order valence-electron chi connectivity index (χ2n) is 9.91. The van der Waals surface area contributed by atoms with E-state index in [1.165, 1.54) is 0 Å². The minimum absolute atomic E-state index is 0.00180. The lowest BCUT2D eigenvalue weighted by molar-refractivity contribution is 0.0288. The van der Waals surface area contributed by atoms with Crippen LogP contribution in [-0.2, 0) is 22.5 Å². The zero-order chi connectivity index (χ0) is 22.5. The van der Waals surface area contributed by atoms with Gasteiger partial charge in [0.15, 0.2) is 9.52 Å². The third-order valence-corrected chi connectivity index (χ3v) is 6.16. The van der Waals surface area contributed by atoms with E-state index in [9.17, 15) is 14.7 Å². The zero-order valence-electron chi connectivity index (χ0n) is 19.0. The topological polar surface area (TPSA) is 76.1 Å². The molecule has 0 spiro atoms. The highest BCUT2D eigenvalue weighted by Gasteiger charge is 2.36. The molecular formula is C23H35NO5Si. The molecule has 1 aliphatic rings. The van der Waals surface area contributed by atoms with Crippen molar-refractivity contribution in [2.75, 3.05) is 13.1 Å². The summed E-state index contributed by atoms with van der Waals surface area (Å²) in [5, 5.41) is 9.44. The molecule has 0 aliphatic carbocycles. The molecule has 1 fully saturated rings. The average Bonchev–Trinajstić information content (AvgIpc) is 3.08. The summed E-state index contributed by atoms with van der Waals surface area (Å²) in [6.07, 6.45) is 1.24. The highest BCUT2D eigenvalue weighted by molar-refractivity contribution is 6.73. The van der Waals surface area contributed by atoms with Crippen LogP contribution in [0.4, 0.5) is 9.59 Å². The van der Waals surface area contributed by atoms with Crippen LogP contribution in [0.5, 0.6) is 0 Å². The third-order valence-electron chi connectivity index (χ3n) is 4.78. The maximum atomic E-state index is 12.6. The lowest BCUT2D eigenvalue weighted by atomic mass is 9.97. The molecule has 1 heterocycles. The van der Waals surface area contributed by atoms with Crippen LogP contribution in [0.1, 0.15) is 59.1 Å². The number of ether oxygens (including phenoxy) is 2. The quantitative estimate of drug-likeness (QED) is 0.673. The second kappa shape index (κ2) is 9.96. The molecule has 1 aromatic rings. The third kappa shape index (κ3) is 8.11. The first-order valence-corrected chi connectivity index (χ1v) is 11.6. The largest absolute Gasteiger partial charge is 0.465 e. The van der Waals surface area contributed by atoms with Crippen LogP contribution in [0.2, 0.25) is 5.54 Å². The van der Waals surface area contributed by atoms with Gasteiger partial charge in [0.2, 0.25) is 0 Å². The van der Waals surface area contributed by atoms with Gasteiger partial charge in [0, 0.05) is 13.1 Å². The summed E-state index contributed by atoms with van der Waals surface area (Å²) >= 11 is 0. The van der Waals surface area contributed by atoms with Crippen molar-refractivity contribution in [2.45, 2.75) is 77.7 Å². The van der Waals surface area contributed by atoms with Crippen LogP contribution in [0.25, 0.3) is 0 Å². The van der Waals surface area contributed by atoms with Gasteiger partial charge in [-0.05, 0) is 77.0 Å². The average molecular weight is 434 g/mol. The predicted octanol–water partition coefficient (Wildman–Crippen LogP) is 4.41. The molecular weight excluding hydrogens is 398 g/mol. The summed E-state index contributed by atoms with van der Waals surface area (Å²) in [6.45, 7) is 12.4. The van der Waals surface area contributed by atoms with Gasteiger partial charge < -0.3 is 19.5 Å². The summed E-state index contributed by atoms with van der Waals surface area (Å²) < 4.78 is 11.1. The van der Waals surface area contributed by atoms with Crippen LogP contribution in [-0.4, -0.2) is 55.5 Å². The van der Waals surface area contributed by atoms with Gasteiger partial charge in [0.1, 0.15) is 11.2 Å². The number of carbonyl (C=O) groups is 2. The Balaban J connectivity index is 2.12. The molecule has 1 N–H and O–H groups in total. The van der Waals surface area contributed by atoms with Crippen molar-refractivity contribution in [3.63, 3.8) is 0 Å². The highest BCUT2D eigenvalue weighted by atomic mass is 28.2. The first-order chi connectivity index (χ1) is 13.9. The Morgan fingerprint density at radius 1 is 1.13 bits per heavy atom. The molecule has 1 aromatic carbocycles. The van der Waals surface area contributed by atoms with Crippen molar-refractivity contribution >= 4 is 21.2 Å². The Morgan fingerprint density at radius 3 is 2.37 bits per heavy atom. The monoisotopic (exact) mass is 433 g/mol. The lowest BCUT2D eigenvalue weighted by Gasteiger charge is -2.27. The maximum Gasteiger partial charge on any atom is 0.410 e. The maximum absolute atomic E-state index is 12.6. The van der Waals surface area contributed by atoms with Gasteiger partial charge in [-0.15, -0.1) is 0 Å². The van der Waals surface area contributed by atoms with Gasteiger partial charge >= 0.3 is 6.09 Å². The Hall–Kier alpha value is -1.86. The van der Waals surface area contributed by atoms with Gasteiger partial charge in [-0.1, -0.05) is 24.3 Å². The number of aliphatic hydroxyl groups excluding tert-OH is 1. The SMILES string of the molecule is CC(C)(C)OC(=O)[Si][C@@H](Cc1cccc(CO)c1)[C@H]1CCN(C(=O)OC(C)(C)C)C1. The van der Waals surface area contributed by atoms with Crippen molar-refractivity contribution in [3.8, 4) is 0 Å². The molecule has 2 rings (SSSR count). The molecule has 6 nitrogen and oxygen atoms in total. The fourth-order valence-corrected chi connectivity index (χ4v) is 5.02. The van der Waals surface area contributed by atoms with E-state index in [0.29, 0.717) is 19.5 Å². The smallest absolute Gasteiger partial charge is 0.410 e. The number of amides is 1. The van der Waals surface area contributed by atoms with E-state index in [1.54, 1.807) is 4.90 Å². The summed E-state index contributed by atoms with van der Waals surface area (Å²) in [7, 11) is -0.00180. The van der Waals surface area contributed by atoms with E-state index < -0.39 is 11.2 Å². The van der Waals surface area contributed by atoms with Gasteiger partial charge in [-0.2, -0.15) is 0 Å². The Labute approximate surface area is 182 Å². The molecule has 30 heavy (non-hydrogen) atoms. The van der Waals surface area contributed by atoms with Gasteiger partial charge in [0.25, 0.3) is 5.59 Å². The van der Waals surface area contributed by atoms with Crippen molar-refractivity contribution < 1.29 is 24.2 Å². The lowest BCUT2D eigenvalue weighted by Crippen LogP contribution is -2.36. The minimum Gasteiger partial charge on any atom is -0.465 e. The Kier molecular flexibility index (Phi) is 8.11. The Bertz CT molecular complexity index is 738. The molecule has 0 bridgehead atoms. The number of hydrogen-bond acceptors (Lipinski definition) is 5. The Morgan fingerprint density at radius 2 is 1.77 bits per heavy atom. The van der Waals surface area contributed by atoms with Crippen molar-refractivity contribution in [1.29, 1.82) is 0 Å².